The normalized spacial score (nSPS) is 15.4. The summed E-state index contributed by atoms with van der Waals surface area (Å²) < 4.78 is 103. The minimum absolute atomic E-state index is 0.191. The molecule has 0 aliphatic rings. The molecule has 61 heavy (non-hydrogen) atoms. The van der Waals surface area contributed by atoms with Gasteiger partial charge in [0, 0.05) is 0 Å². The highest BCUT2D eigenvalue weighted by Crippen LogP contribution is 2.58. The van der Waals surface area contributed by atoms with Gasteiger partial charge < -0.3 is 68.5 Å². The van der Waals surface area contributed by atoms with Crippen molar-refractivity contribution < 1.29 is 131 Å². The monoisotopic (exact) mass is 1050 g/mol. The third-order valence-electron chi connectivity index (χ3n) is 5.45. The van der Waals surface area contributed by atoms with Crippen LogP contribution in [0.5, 0.6) is 0 Å². The van der Waals surface area contributed by atoms with Crippen LogP contribution in [-0.4, -0.2) is 81.7 Å². The molecule has 0 saturated heterocycles. The zero-order valence-corrected chi connectivity index (χ0v) is 40.6. The van der Waals surface area contributed by atoms with Gasteiger partial charge in [-0.25, -0.2) is 36.5 Å². The van der Waals surface area contributed by atoms with Crippen LogP contribution in [-0.2, 0) is 62.8 Å². The highest BCUT2D eigenvalue weighted by Gasteiger charge is 2.33. The molecule has 2 atom stereocenters. The molecule has 0 aliphatic carbocycles. The molecule has 36 heteroatoms. The topological polar surface area (TPSA) is 475 Å². The fourth-order valence-electron chi connectivity index (χ4n) is 3.19. The van der Waals surface area contributed by atoms with Gasteiger partial charge >= 0.3 is 62.6 Å². The Balaban J connectivity index is -0.000000416. The first-order chi connectivity index (χ1) is 26.8. The third-order valence-corrected chi connectivity index (χ3v) is 13.2. The van der Waals surface area contributed by atoms with Gasteiger partial charge in [0.05, 0.1) is 13.2 Å². The third kappa shape index (κ3) is 64.1. The Morgan fingerprint density at radius 1 is 0.410 bits per heavy atom. The number of hydrogen-bond donors (Lipinski definition) is 14. The Bertz CT molecular complexity index is 1770. The van der Waals surface area contributed by atoms with E-state index >= 15 is 0 Å². The maximum atomic E-state index is 11.3. The van der Waals surface area contributed by atoms with E-state index in [0.717, 1.165) is 44.1 Å². The molecule has 0 amide bonds. The Kier molecular flexibility index (Phi) is 34.1. The lowest BCUT2D eigenvalue weighted by Gasteiger charge is -2.11. The molecular weight excluding hydrogens is 996 g/mol. The Labute approximate surface area is 351 Å². The van der Waals surface area contributed by atoms with E-state index in [1.807, 2.05) is 6.92 Å². The van der Waals surface area contributed by atoms with Gasteiger partial charge in [-0.1, -0.05) is 52.2 Å². The van der Waals surface area contributed by atoms with Crippen LogP contribution in [0, 0.1) is 0 Å². The van der Waals surface area contributed by atoms with Crippen molar-refractivity contribution >= 4 is 62.6 Å². The first-order valence-corrected chi connectivity index (χ1v) is 28.4. The van der Waals surface area contributed by atoms with E-state index in [0.29, 0.717) is 12.0 Å². The van der Waals surface area contributed by atoms with E-state index in [4.69, 9.17) is 63.6 Å². The summed E-state index contributed by atoms with van der Waals surface area (Å²) in [6, 6.07) is 0. The van der Waals surface area contributed by atoms with Crippen molar-refractivity contribution in [3.63, 3.8) is 0 Å². The van der Waals surface area contributed by atoms with Gasteiger partial charge in [-0.15, -0.1) is 6.58 Å². The van der Waals surface area contributed by atoms with Crippen LogP contribution >= 0.6 is 62.6 Å². The van der Waals surface area contributed by atoms with E-state index in [-0.39, 0.29) is 13.2 Å². The van der Waals surface area contributed by atoms with Crippen molar-refractivity contribution in [3.05, 3.63) is 58.7 Å². The first kappa shape index (κ1) is 67.3. The molecule has 0 rings (SSSR count). The molecule has 14 N–H and O–H groups in total. The fraction of sp³-hybridized carbons (Fsp3) is 0.600. The standard InChI is InChI=1S/C20H36O7P2.C5H12O7P2.2H4O7P2/c1-17(2)9-6-10-18(3)11-7-12-19(4)13-8-14-20(5)15-16-26-29(24,25)27-28(21,22)23;1-5(2)3-4-11-14(9,10)12-13(6,7)8;2*1-8(2,3)7-9(4,5)6/h9,11,13,15H,6-8,10,12,14,16H2,1-5H3,(H,24,25)(H2,21,22,23);1,3-4H2,2H3,(H,9,10)(H2,6,7,8);2*(H2,1,2,3)(H2,4,5,6)/b18-11+,19-13+,20-15+;;;. The maximum Gasteiger partial charge on any atom is 0.481 e. The van der Waals surface area contributed by atoms with Gasteiger partial charge in [0.25, 0.3) is 0 Å². The summed E-state index contributed by atoms with van der Waals surface area (Å²) in [7, 11) is -39.7. The van der Waals surface area contributed by atoms with Crippen LogP contribution in [0.3, 0.4) is 0 Å². The minimum Gasteiger partial charge on any atom is -0.302 e. The molecule has 0 radical (unpaired) electrons. The van der Waals surface area contributed by atoms with Crippen LogP contribution in [0.15, 0.2) is 58.7 Å². The van der Waals surface area contributed by atoms with Crippen LogP contribution in [0.1, 0.15) is 86.5 Å². The molecular formula is C25H56O28P8. The van der Waals surface area contributed by atoms with Gasteiger partial charge in [-0.05, 0) is 86.5 Å². The molecule has 2 unspecified atom stereocenters. The molecule has 0 aromatic rings. The number of hydrogen-bond acceptors (Lipinski definition) is 14. The summed E-state index contributed by atoms with van der Waals surface area (Å²) in [6.07, 6.45) is 14.4. The van der Waals surface area contributed by atoms with E-state index in [1.165, 1.54) is 16.7 Å². The van der Waals surface area contributed by atoms with Crippen molar-refractivity contribution in [1.82, 2.24) is 0 Å². The summed E-state index contributed by atoms with van der Waals surface area (Å²) >= 11 is 0. The quantitative estimate of drug-likeness (QED) is 0.0394. The van der Waals surface area contributed by atoms with Crippen LogP contribution < -0.4 is 0 Å². The van der Waals surface area contributed by atoms with Crippen molar-refractivity contribution in [2.24, 2.45) is 0 Å². The predicted molar refractivity (Wildman–Crippen MR) is 216 cm³/mol. The summed E-state index contributed by atoms with van der Waals surface area (Å²) in [6.45, 7) is 15.1. The van der Waals surface area contributed by atoms with Crippen molar-refractivity contribution in [2.75, 3.05) is 13.2 Å². The largest absolute Gasteiger partial charge is 0.481 e. The van der Waals surface area contributed by atoms with Gasteiger partial charge in [0.15, 0.2) is 0 Å². The predicted octanol–water partition coefficient (Wildman–Crippen LogP) is 5.91. The van der Waals surface area contributed by atoms with Crippen molar-refractivity contribution in [1.29, 1.82) is 0 Å². The second kappa shape index (κ2) is 30.9. The molecule has 0 saturated carbocycles. The van der Waals surface area contributed by atoms with Gasteiger partial charge in [-0.2, -0.15) is 17.2 Å². The second-order valence-corrected chi connectivity index (χ2v) is 23.0. The lowest BCUT2D eigenvalue weighted by molar-refractivity contribution is 0.179. The molecule has 0 fully saturated rings. The van der Waals surface area contributed by atoms with Crippen LogP contribution in [0.25, 0.3) is 0 Å². The van der Waals surface area contributed by atoms with Gasteiger partial charge in [-0.3, -0.25) is 9.05 Å². The summed E-state index contributed by atoms with van der Waals surface area (Å²) in [4.78, 5) is 113. The molecule has 0 spiro atoms. The van der Waals surface area contributed by atoms with E-state index < -0.39 is 62.6 Å². The summed E-state index contributed by atoms with van der Waals surface area (Å²) in [5.41, 5.74) is 5.74. The maximum absolute atomic E-state index is 11.3. The minimum atomic E-state index is -5.08. The van der Waals surface area contributed by atoms with Crippen molar-refractivity contribution in [3.8, 4) is 0 Å². The zero-order chi connectivity index (χ0) is 49.3. The number of rotatable bonds is 24. The van der Waals surface area contributed by atoms with Crippen LogP contribution in [0.4, 0.5) is 0 Å². The highest BCUT2D eigenvalue weighted by atomic mass is 31.3. The van der Waals surface area contributed by atoms with Crippen molar-refractivity contribution in [2.45, 2.75) is 86.5 Å². The molecule has 0 bridgehead atoms. The Morgan fingerprint density at radius 3 is 0.951 bits per heavy atom. The molecule has 0 aromatic carbocycles. The molecule has 364 valence electrons. The second-order valence-electron chi connectivity index (χ2n) is 12.1. The Morgan fingerprint density at radius 2 is 0.689 bits per heavy atom. The summed E-state index contributed by atoms with van der Waals surface area (Å²) in [5, 5.41) is 0. The van der Waals surface area contributed by atoms with Gasteiger partial charge in [0.2, 0.25) is 0 Å². The average molecular weight is 1050 g/mol. The fourth-order valence-corrected chi connectivity index (χ4v) is 8.52. The molecule has 0 heterocycles. The van der Waals surface area contributed by atoms with E-state index in [1.54, 1.807) is 13.0 Å². The molecule has 0 aromatic heterocycles. The highest BCUT2D eigenvalue weighted by molar-refractivity contribution is 7.61. The SMILES string of the molecule is C=C(C)CCOP(=O)(O)OP(=O)(O)O.CC(C)=CCC/C(C)=C/CC/C(C)=C/CC/C(C)=C/COP(=O)(O)OP(=O)(O)O.O=P(O)(O)OP(=O)(O)O.O=P(O)(O)OP(=O)(O)O. The molecule has 28 nitrogen and oxygen atoms in total. The Hall–Kier alpha value is -0.260. The van der Waals surface area contributed by atoms with E-state index in [2.05, 4.69) is 78.8 Å². The average Bonchev–Trinajstić information content (AvgIpc) is 2.91. The lowest BCUT2D eigenvalue weighted by atomic mass is 10.0. The molecule has 0 aliphatic heterocycles. The van der Waals surface area contributed by atoms with Gasteiger partial charge in [0.1, 0.15) is 0 Å². The number of phosphoric ester groups is 2. The van der Waals surface area contributed by atoms with Crippen LogP contribution in [0.2, 0.25) is 0 Å². The lowest BCUT2D eigenvalue weighted by Crippen LogP contribution is -1.96. The smallest absolute Gasteiger partial charge is 0.302 e. The number of allylic oxidation sites excluding steroid dienone is 7. The summed E-state index contributed by atoms with van der Waals surface area (Å²) in [5.74, 6) is 0. The number of phosphoric acid groups is 8. The van der Waals surface area contributed by atoms with E-state index in [9.17, 15) is 41.4 Å². The zero-order valence-electron chi connectivity index (χ0n) is 33.4. The first-order valence-electron chi connectivity index (χ1n) is 16.2.